The van der Waals surface area contributed by atoms with Crippen LogP contribution in [0.4, 0.5) is 5.13 Å². The van der Waals surface area contributed by atoms with Crippen LogP contribution < -0.4 is 10.1 Å². The van der Waals surface area contributed by atoms with Gasteiger partial charge in [-0.3, -0.25) is 19.7 Å². The number of nitrogens with zero attached hydrogens (tertiary/aromatic N) is 1. The number of thiazole rings is 1. The fraction of sp³-hybridized carbons (Fsp3) is 0.148. The molecule has 2 N–H and O–H groups in total. The van der Waals surface area contributed by atoms with E-state index in [4.69, 9.17) is 9.47 Å². The van der Waals surface area contributed by atoms with E-state index in [1.807, 2.05) is 6.92 Å². The second-order valence-corrected chi connectivity index (χ2v) is 9.20. The smallest absolute Gasteiger partial charge is 0.339 e. The number of benzene rings is 3. The molecule has 2 atom stereocenters. The van der Waals surface area contributed by atoms with E-state index >= 15 is 0 Å². The van der Waals surface area contributed by atoms with Crippen molar-refractivity contribution in [2.45, 2.75) is 13.0 Å². The molecule has 0 radical (unpaired) electrons. The summed E-state index contributed by atoms with van der Waals surface area (Å²) in [6.45, 7) is 2.35. The van der Waals surface area contributed by atoms with Gasteiger partial charge in [-0.1, -0.05) is 41.7 Å². The lowest BCUT2D eigenvalue weighted by Gasteiger charge is -2.21. The number of fused-ring (bicyclic) bond motifs is 2. The number of phenols is 1. The summed E-state index contributed by atoms with van der Waals surface area (Å²) >= 11 is 1.14. The number of carbonyl (C=O) groups is 4. The maximum atomic E-state index is 13.5. The van der Waals surface area contributed by atoms with E-state index in [-0.39, 0.29) is 22.0 Å². The zero-order valence-corrected chi connectivity index (χ0v) is 20.3. The predicted molar refractivity (Wildman–Crippen MR) is 135 cm³/mol. The van der Waals surface area contributed by atoms with Gasteiger partial charge in [-0.25, -0.2) is 9.78 Å². The van der Waals surface area contributed by atoms with Crippen LogP contribution in [0.5, 0.6) is 11.5 Å². The van der Waals surface area contributed by atoms with Crippen molar-refractivity contribution in [3.05, 3.63) is 83.4 Å². The molecule has 4 aromatic rings. The van der Waals surface area contributed by atoms with Crippen molar-refractivity contribution in [3.63, 3.8) is 0 Å². The van der Waals surface area contributed by atoms with Gasteiger partial charge in [-0.05, 0) is 43.3 Å². The van der Waals surface area contributed by atoms with Crippen molar-refractivity contribution in [2.24, 2.45) is 5.92 Å². The highest BCUT2D eigenvalue weighted by Gasteiger charge is 2.46. The fourth-order valence-corrected chi connectivity index (χ4v) is 5.07. The third kappa shape index (κ3) is 4.54. The Hall–Kier alpha value is -4.57. The van der Waals surface area contributed by atoms with E-state index in [0.717, 1.165) is 16.0 Å². The van der Waals surface area contributed by atoms with Gasteiger partial charge >= 0.3 is 5.97 Å². The molecule has 0 bridgehead atoms. The lowest BCUT2D eigenvalue weighted by atomic mass is 9.84. The monoisotopic (exact) mass is 516 g/mol. The standard InChI is InChI=1S/C27H20N2O7S/c1-2-35-14-11-12-18-20(13-14)37-27(28-18)29-25(33)23(32)21(22(31)17-9-5-6-10-19(17)30)24-15-7-3-4-8-16(15)26(34)36-24/h3-13,21,24,30H,2H2,1H3,(H,28,29,33)/t21-,24-/m0/s1. The molecule has 0 fully saturated rings. The molecule has 1 aliphatic heterocycles. The summed E-state index contributed by atoms with van der Waals surface area (Å²) in [5.74, 6) is -5.23. The number of para-hydroxylation sites is 1. The maximum Gasteiger partial charge on any atom is 0.339 e. The summed E-state index contributed by atoms with van der Waals surface area (Å²) in [6.07, 6.45) is -1.34. The van der Waals surface area contributed by atoms with Crippen LogP contribution in [0.2, 0.25) is 0 Å². The van der Waals surface area contributed by atoms with Crippen LogP contribution in [0.15, 0.2) is 66.7 Å². The predicted octanol–water partition coefficient (Wildman–Crippen LogP) is 4.32. The third-order valence-corrected chi connectivity index (χ3v) is 6.81. The SMILES string of the molecule is CCOc1ccc2nc(NC(=O)C(=O)[C@H](C(=O)c3ccccc3O)[C@H]3OC(=O)c4ccccc43)sc2c1. The summed E-state index contributed by atoms with van der Waals surface area (Å²) in [4.78, 5) is 56.9. The summed E-state index contributed by atoms with van der Waals surface area (Å²) in [6, 6.07) is 17.2. The summed E-state index contributed by atoms with van der Waals surface area (Å²) in [5.41, 5.74) is 0.937. The molecule has 186 valence electrons. The Morgan fingerprint density at radius 1 is 1.11 bits per heavy atom. The Morgan fingerprint density at radius 3 is 2.65 bits per heavy atom. The van der Waals surface area contributed by atoms with E-state index in [0.29, 0.717) is 23.4 Å². The van der Waals surface area contributed by atoms with E-state index in [2.05, 4.69) is 10.3 Å². The van der Waals surface area contributed by atoms with Gasteiger partial charge in [0.1, 0.15) is 23.5 Å². The molecule has 1 aliphatic rings. The van der Waals surface area contributed by atoms with E-state index in [9.17, 15) is 24.3 Å². The van der Waals surface area contributed by atoms with Crippen LogP contribution in [0.1, 0.15) is 39.3 Å². The van der Waals surface area contributed by atoms with Crippen molar-refractivity contribution in [2.75, 3.05) is 11.9 Å². The highest BCUT2D eigenvalue weighted by molar-refractivity contribution is 7.22. The van der Waals surface area contributed by atoms with E-state index in [1.54, 1.807) is 36.4 Å². The first kappa shape index (κ1) is 24.1. The molecule has 9 nitrogen and oxygen atoms in total. The van der Waals surface area contributed by atoms with Gasteiger partial charge < -0.3 is 14.6 Å². The van der Waals surface area contributed by atoms with Crippen molar-refractivity contribution >= 4 is 50.1 Å². The molecule has 0 saturated carbocycles. The minimum Gasteiger partial charge on any atom is -0.507 e. The highest BCUT2D eigenvalue weighted by Crippen LogP contribution is 2.39. The first-order valence-electron chi connectivity index (χ1n) is 11.4. The summed E-state index contributed by atoms with van der Waals surface area (Å²) in [5, 5.41) is 12.9. The lowest BCUT2D eigenvalue weighted by molar-refractivity contribution is -0.138. The molecule has 0 unspecified atom stereocenters. The highest BCUT2D eigenvalue weighted by atomic mass is 32.1. The van der Waals surface area contributed by atoms with Crippen molar-refractivity contribution in [1.29, 1.82) is 0 Å². The average molecular weight is 517 g/mol. The normalized spacial score (nSPS) is 15.1. The van der Waals surface area contributed by atoms with Crippen LogP contribution in [0, 0.1) is 5.92 Å². The topological polar surface area (TPSA) is 132 Å². The molecular weight excluding hydrogens is 496 g/mol. The number of amides is 1. The fourth-order valence-electron chi connectivity index (χ4n) is 4.18. The van der Waals surface area contributed by atoms with Crippen molar-refractivity contribution in [1.82, 2.24) is 4.98 Å². The largest absolute Gasteiger partial charge is 0.507 e. The number of cyclic esters (lactones) is 1. The van der Waals surface area contributed by atoms with Gasteiger partial charge in [0.15, 0.2) is 10.9 Å². The number of carbonyl (C=O) groups excluding carboxylic acids is 4. The Morgan fingerprint density at radius 2 is 1.86 bits per heavy atom. The number of nitrogens with one attached hydrogen (secondary N) is 1. The minimum atomic E-state index is -1.72. The number of hydrogen-bond donors (Lipinski definition) is 2. The summed E-state index contributed by atoms with van der Waals surface area (Å²) < 4.78 is 11.6. The number of phenolic OH excluding ortho intramolecular Hbond substituents is 1. The molecule has 1 aromatic heterocycles. The Labute approximate surface area is 214 Å². The Balaban J connectivity index is 1.48. The van der Waals surface area contributed by atoms with Gasteiger partial charge in [-0.2, -0.15) is 0 Å². The number of aromatic nitrogens is 1. The number of anilines is 1. The molecule has 3 aromatic carbocycles. The second-order valence-electron chi connectivity index (χ2n) is 8.17. The molecule has 0 spiro atoms. The van der Waals surface area contributed by atoms with Crippen molar-refractivity contribution in [3.8, 4) is 11.5 Å². The van der Waals surface area contributed by atoms with Gasteiger partial charge in [0.25, 0.3) is 5.91 Å². The van der Waals surface area contributed by atoms with Gasteiger partial charge in [0.2, 0.25) is 5.78 Å². The number of ketones is 2. The third-order valence-electron chi connectivity index (χ3n) is 5.87. The van der Waals surface area contributed by atoms with E-state index < -0.39 is 35.5 Å². The number of hydrogen-bond acceptors (Lipinski definition) is 9. The molecule has 2 heterocycles. The van der Waals surface area contributed by atoms with Gasteiger partial charge in [0.05, 0.1) is 28.0 Å². The van der Waals surface area contributed by atoms with Gasteiger partial charge in [0, 0.05) is 5.56 Å². The van der Waals surface area contributed by atoms with Crippen LogP contribution >= 0.6 is 11.3 Å². The Kier molecular flexibility index (Phi) is 6.41. The molecule has 0 aliphatic carbocycles. The van der Waals surface area contributed by atoms with Crippen LogP contribution in [0.25, 0.3) is 10.2 Å². The minimum absolute atomic E-state index is 0.152. The first-order chi connectivity index (χ1) is 17.9. The molecule has 5 rings (SSSR count). The molecule has 10 heteroatoms. The Bertz CT molecular complexity index is 1560. The zero-order chi connectivity index (χ0) is 26.1. The maximum absolute atomic E-state index is 13.5. The molecule has 0 saturated heterocycles. The quantitative estimate of drug-likeness (QED) is 0.153. The number of aromatic hydroxyl groups is 1. The molecule has 37 heavy (non-hydrogen) atoms. The number of rotatable bonds is 8. The van der Waals surface area contributed by atoms with Crippen molar-refractivity contribution < 1.29 is 33.8 Å². The number of Topliss-reactive ketones (excluding diaryl/α,β-unsaturated/α-hetero) is 2. The van der Waals surface area contributed by atoms with Crippen LogP contribution in [-0.2, 0) is 14.3 Å². The van der Waals surface area contributed by atoms with Crippen LogP contribution in [0.3, 0.4) is 0 Å². The van der Waals surface area contributed by atoms with Gasteiger partial charge in [-0.15, -0.1) is 0 Å². The van der Waals surface area contributed by atoms with E-state index in [1.165, 1.54) is 30.3 Å². The summed E-state index contributed by atoms with van der Waals surface area (Å²) in [7, 11) is 0. The second kappa shape index (κ2) is 9.82. The molecule has 1 amide bonds. The lowest BCUT2D eigenvalue weighted by Crippen LogP contribution is -2.38. The molecular formula is C27H20N2O7S. The first-order valence-corrected chi connectivity index (χ1v) is 12.2. The van der Waals surface area contributed by atoms with Crippen LogP contribution in [-0.4, -0.2) is 40.1 Å². The number of ether oxygens (including phenoxy) is 2. The zero-order valence-electron chi connectivity index (χ0n) is 19.5. The average Bonchev–Trinajstić information content (AvgIpc) is 3.44. The number of esters is 1.